The average Bonchev–Trinajstić information content (AvgIpc) is 2.96. The minimum atomic E-state index is -1.05. The maximum Gasteiger partial charge on any atom is 0.266 e. The topological polar surface area (TPSA) is 104 Å². The van der Waals surface area contributed by atoms with Gasteiger partial charge in [-0.15, -0.1) is 11.3 Å². The number of hydrogen-bond donors (Lipinski definition) is 3. The normalized spacial score (nSPS) is 12.3. The number of aliphatic hydroxyl groups is 2. The number of aliphatic hydroxyl groups excluding tert-OH is 2. The van der Waals surface area contributed by atoms with E-state index in [0.717, 1.165) is 16.9 Å². The summed E-state index contributed by atoms with van der Waals surface area (Å²) in [7, 11) is 0. The van der Waals surface area contributed by atoms with Gasteiger partial charge in [0.1, 0.15) is 4.83 Å². The molecule has 1 aromatic carbocycles. The van der Waals surface area contributed by atoms with E-state index in [4.69, 9.17) is 5.11 Å². The van der Waals surface area contributed by atoms with Crippen LogP contribution >= 0.6 is 11.3 Å². The molecule has 0 aliphatic rings. The number of aryl methyl sites for hydroxylation is 2. The van der Waals surface area contributed by atoms with Crippen molar-refractivity contribution in [2.75, 3.05) is 11.9 Å². The fourth-order valence-corrected chi connectivity index (χ4v) is 3.72. The summed E-state index contributed by atoms with van der Waals surface area (Å²) < 4.78 is 1.24. The number of fused-ring (bicyclic) bond motifs is 1. The highest BCUT2D eigenvalue weighted by Crippen LogP contribution is 2.28. The smallest absolute Gasteiger partial charge is 0.266 e. The van der Waals surface area contributed by atoms with Crippen molar-refractivity contribution in [1.82, 2.24) is 9.55 Å². The van der Waals surface area contributed by atoms with Crippen LogP contribution in [0.2, 0.25) is 0 Å². The Labute approximate surface area is 153 Å². The first-order valence-electron chi connectivity index (χ1n) is 8.06. The molecule has 26 heavy (non-hydrogen) atoms. The van der Waals surface area contributed by atoms with Crippen molar-refractivity contribution in [2.45, 2.75) is 26.5 Å². The molecule has 1 atom stereocenters. The molecule has 2 heterocycles. The largest absolute Gasteiger partial charge is 0.394 e. The molecule has 0 aliphatic carbocycles. The van der Waals surface area contributed by atoms with Gasteiger partial charge in [0.15, 0.2) is 0 Å². The number of rotatable bonds is 5. The van der Waals surface area contributed by atoms with Crippen LogP contribution in [0, 0.1) is 13.8 Å². The number of thiophene rings is 1. The second-order valence-electron chi connectivity index (χ2n) is 6.04. The Morgan fingerprint density at radius 1 is 1.35 bits per heavy atom. The predicted octanol–water partition coefficient (Wildman–Crippen LogP) is 1.68. The maximum atomic E-state index is 12.7. The lowest BCUT2D eigenvalue weighted by molar-refractivity contribution is 0.0802. The molecule has 0 saturated heterocycles. The van der Waals surface area contributed by atoms with E-state index in [1.807, 2.05) is 31.2 Å². The van der Waals surface area contributed by atoms with Crippen LogP contribution < -0.4 is 10.9 Å². The van der Waals surface area contributed by atoms with Crippen molar-refractivity contribution < 1.29 is 15.0 Å². The summed E-state index contributed by atoms with van der Waals surface area (Å²) in [5, 5.41) is 21.7. The Morgan fingerprint density at radius 3 is 2.77 bits per heavy atom. The number of carbonyl (C=O) groups is 1. The van der Waals surface area contributed by atoms with E-state index in [1.54, 1.807) is 6.92 Å². The summed E-state index contributed by atoms with van der Waals surface area (Å²) in [6, 6.07) is 7.45. The Morgan fingerprint density at radius 2 is 2.08 bits per heavy atom. The number of aromatic nitrogens is 2. The highest BCUT2D eigenvalue weighted by atomic mass is 32.1. The van der Waals surface area contributed by atoms with Gasteiger partial charge in [0.25, 0.3) is 11.5 Å². The van der Waals surface area contributed by atoms with Gasteiger partial charge in [-0.2, -0.15) is 0 Å². The molecule has 1 unspecified atom stereocenters. The average molecular weight is 373 g/mol. The van der Waals surface area contributed by atoms with E-state index in [9.17, 15) is 14.7 Å². The molecule has 136 valence electrons. The standard InChI is InChI=1S/C18H19N3O4S/c1-10-5-3-4-6-13(10)20-16(24)15-11(2)14-17(26-15)19-9-21(18(14)25)7-12(23)8-22/h3-6,9,12,22-23H,7-8H2,1-2H3,(H,20,24). The van der Waals surface area contributed by atoms with Gasteiger partial charge in [-0.3, -0.25) is 14.2 Å². The van der Waals surface area contributed by atoms with E-state index < -0.39 is 12.7 Å². The molecule has 0 fully saturated rings. The van der Waals surface area contributed by atoms with Gasteiger partial charge in [-0.1, -0.05) is 18.2 Å². The van der Waals surface area contributed by atoms with Crippen molar-refractivity contribution in [3.8, 4) is 0 Å². The minimum absolute atomic E-state index is 0.0572. The lowest BCUT2D eigenvalue weighted by Crippen LogP contribution is -2.28. The van der Waals surface area contributed by atoms with Gasteiger partial charge >= 0.3 is 0 Å². The van der Waals surface area contributed by atoms with Crippen LogP contribution in [0.3, 0.4) is 0 Å². The van der Waals surface area contributed by atoms with Crippen LogP contribution in [0.15, 0.2) is 35.4 Å². The molecule has 2 aromatic heterocycles. The number of para-hydroxylation sites is 1. The molecule has 3 rings (SSSR count). The zero-order chi connectivity index (χ0) is 18.8. The summed E-state index contributed by atoms with van der Waals surface area (Å²) in [5.41, 5.74) is 1.87. The second-order valence-corrected chi connectivity index (χ2v) is 7.04. The van der Waals surface area contributed by atoms with Gasteiger partial charge in [-0.25, -0.2) is 4.98 Å². The fourth-order valence-electron chi connectivity index (χ4n) is 2.68. The number of amides is 1. The summed E-state index contributed by atoms with van der Waals surface area (Å²) >= 11 is 1.16. The van der Waals surface area contributed by atoms with Crippen LogP contribution in [0.5, 0.6) is 0 Å². The van der Waals surface area contributed by atoms with Gasteiger partial charge in [0.2, 0.25) is 0 Å². The predicted molar refractivity (Wildman–Crippen MR) is 101 cm³/mol. The van der Waals surface area contributed by atoms with Crippen LogP contribution in [0.1, 0.15) is 20.8 Å². The number of nitrogens with zero attached hydrogens (tertiary/aromatic N) is 2. The molecular weight excluding hydrogens is 354 g/mol. The fraction of sp³-hybridized carbons (Fsp3) is 0.278. The molecule has 0 spiro atoms. The van der Waals surface area contributed by atoms with E-state index in [0.29, 0.717) is 26.3 Å². The zero-order valence-electron chi connectivity index (χ0n) is 14.4. The van der Waals surface area contributed by atoms with E-state index in [-0.39, 0.29) is 18.0 Å². The number of carbonyl (C=O) groups excluding carboxylic acids is 1. The van der Waals surface area contributed by atoms with Crippen molar-refractivity contribution >= 4 is 33.1 Å². The first kappa shape index (κ1) is 18.2. The third-order valence-electron chi connectivity index (χ3n) is 4.13. The van der Waals surface area contributed by atoms with Crippen molar-refractivity contribution in [3.05, 3.63) is 57.0 Å². The number of nitrogens with one attached hydrogen (secondary N) is 1. The quantitative estimate of drug-likeness (QED) is 0.631. The Balaban J connectivity index is 1.99. The highest BCUT2D eigenvalue weighted by Gasteiger charge is 2.20. The molecule has 1 amide bonds. The SMILES string of the molecule is Cc1ccccc1NC(=O)c1sc2ncn(CC(O)CO)c(=O)c2c1C. The van der Waals surface area contributed by atoms with Gasteiger partial charge < -0.3 is 15.5 Å². The molecule has 0 radical (unpaired) electrons. The molecule has 0 bridgehead atoms. The monoisotopic (exact) mass is 373 g/mol. The maximum absolute atomic E-state index is 12.7. The highest BCUT2D eigenvalue weighted by molar-refractivity contribution is 7.20. The van der Waals surface area contributed by atoms with Crippen molar-refractivity contribution in [1.29, 1.82) is 0 Å². The first-order valence-corrected chi connectivity index (χ1v) is 8.88. The van der Waals surface area contributed by atoms with Gasteiger partial charge in [0.05, 0.1) is 35.8 Å². The molecule has 3 aromatic rings. The lowest BCUT2D eigenvalue weighted by Gasteiger charge is -2.09. The number of anilines is 1. The Bertz CT molecular complexity index is 1020. The summed E-state index contributed by atoms with van der Waals surface area (Å²) in [4.78, 5) is 30.4. The van der Waals surface area contributed by atoms with E-state index in [2.05, 4.69) is 10.3 Å². The van der Waals surface area contributed by atoms with Crippen LogP contribution in [-0.4, -0.2) is 38.4 Å². The van der Waals surface area contributed by atoms with E-state index >= 15 is 0 Å². The van der Waals surface area contributed by atoms with E-state index in [1.165, 1.54) is 10.9 Å². The number of hydrogen-bond acceptors (Lipinski definition) is 6. The molecule has 0 saturated carbocycles. The Hall–Kier alpha value is -2.55. The third kappa shape index (κ3) is 3.39. The third-order valence-corrected chi connectivity index (χ3v) is 5.33. The van der Waals surface area contributed by atoms with Gasteiger partial charge in [0, 0.05) is 5.69 Å². The molecule has 7 nitrogen and oxygen atoms in total. The van der Waals surface area contributed by atoms with Crippen molar-refractivity contribution in [2.24, 2.45) is 0 Å². The molecule has 8 heteroatoms. The molecule has 3 N–H and O–H groups in total. The molecule has 0 aliphatic heterocycles. The summed E-state index contributed by atoms with van der Waals surface area (Å²) in [5.74, 6) is -0.291. The Kier molecular flexibility index (Phi) is 5.17. The van der Waals surface area contributed by atoms with Crippen LogP contribution in [-0.2, 0) is 6.54 Å². The second kappa shape index (κ2) is 7.36. The first-order chi connectivity index (χ1) is 12.4. The van der Waals surface area contributed by atoms with Crippen LogP contribution in [0.4, 0.5) is 5.69 Å². The summed E-state index contributed by atoms with van der Waals surface area (Å²) in [6.07, 6.45) is 0.275. The summed E-state index contributed by atoms with van der Waals surface area (Å²) in [6.45, 7) is 3.11. The zero-order valence-corrected chi connectivity index (χ0v) is 15.2. The molecular formula is C18H19N3O4S. The van der Waals surface area contributed by atoms with Gasteiger partial charge in [-0.05, 0) is 31.0 Å². The van der Waals surface area contributed by atoms with Crippen molar-refractivity contribution in [3.63, 3.8) is 0 Å². The minimum Gasteiger partial charge on any atom is -0.394 e. The number of benzene rings is 1. The lowest BCUT2D eigenvalue weighted by atomic mass is 10.2. The van der Waals surface area contributed by atoms with Crippen LogP contribution in [0.25, 0.3) is 10.2 Å².